The fourth-order valence-corrected chi connectivity index (χ4v) is 2.22. The summed E-state index contributed by atoms with van der Waals surface area (Å²) in [4.78, 5) is 23.8. The fourth-order valence-electron chi connectivity index (χ4n) is 2.22. The van der Waals surface area contributed by atoms with E-state index < -0.39 is 0 Å². The maximum atomic E-state index is 12.2. The molecule has 0 spiro atoms. The predicted octanol–water partition coefficient (Wildman–Crippen LogP) is 2.59. The summed E-state index contributed by atoms with van der Waals surface area (Å²) in [5, 5.41) is 0. The van der Waals surface area contributed by atoms with Crippen molar-refractivity contribution in [1.82, 2.24) is 19.5 Å². The molecule has 1 N–H and O–H groups in total. The van der Waals surface area contributed by atoms with Crippen LogP contribution in [0.3, 0.4) is 0 Å². The first-order chi connectivity index (χ1) is 9.79. The first-order valence-electron chi connectivity index (χ1n) is 6.80. The number of nitrogens with one attached hydrogen (secondary N) is 1. The van der Waals surface area contributed by atoms with Crippen molar-refractivity contribution in [3.63, 3.8) is 0 Å². The third kappa shape index (κ3) is 2.22. The van der Waals surface area contributed by atoms with Gasteiger partial charge >= 0.3 is 0 Å². The maximum Gasteiger partial charge on any atom is 0.278 e. The standard InChI is InChI=1S/C15H16N4O/c1-2-3-9-19-10-8-16-14(19)13-15(20)18-12-7-5-4-6-11(12)17-13/h4-8,10H,2-3,9H2,1H3,(H,18,20). The van der Waals surface area contributed by atoms with Crippen LogP contribution in [0.2, 0.25) is 0 Å². The molecule has 0 unspecified atom stereocenters. The molecule has 3 aromatic rings. The van der Waals surface area contributed by atoms with E-state index in [9.17, 15) is 4.79 Å². The molecule has 0 saturated carbocycles. The van der Waals surface area contributed by atoms with Gasteiger partial charge in [-0.15, -0.1) is 0 Å². The topological polar surface area (TPSA) is 63.6 Å². The summed E-state index contributed by atoms with van der Waals surface area (Å²) in [5.74, 6) is 0.630. The fraction of sp³-hybridized carbons (Fsp3) is 0.267. The van der Waals surface area contributed by atoms with Crippen molar-refractivity contribution >= 4 is 11.0 Å². The van der Waals surface area contributed by atoms with Crippen molar-refractivity contribution in [2.45, 2.75) is 26.3 Å². The molecule has 20 heavy (non-hydrogen) atoms. The monoisotopic (exact) mass is 268 g/mol. The number of unbranched alkanes of at least 4 members (excludes halogenated alkanes) is 1. The Morgan fingerprint density at radius 1 is 1.30 bits per heavy atom. The van der Waals surface area contributed by atoms with Gasteiger partial charge in [0.05, 0.1) is 11.0 Å². The number of benzene rings is 1. The van der Waals surface area contributed by atoms with E-state index in [0.717, 1.165) is 30.4 Å². The Morgan fingerprint density at radius 2 is 2.15 bits per heavy atom. The summed E-state index contributed by atoms with van der Waals surface area (Å²) < 4.78 is 1.98. The van der Waals surface area contributed by atoms with Crippen molar-refractivity contribution in [1.29, 1.82) is 0 Å². The van der Waals surface area contributed by atoms with E-state index in [4.69, 9.17) is 0 Å². The lowest BCUT2D eigenvalue weighted by atomic mass is 10.3. The average molecular weight is 268 g/mol. The molecule has 0 bridgehead atoms. The Hall–Kier alpha value is -2.43. The van der Waals surface area contributed by atoms with Crippen LogP contribution < -0.4 is 5.56 Å². The quantitative estimate of drug-likeness (QED) is 0.791. The molecule has 5 heteroatoms. The highest BCUT2D eigenvalue weighted by molar-refractivity contribution is 5.75. The second-order valence-electron chi connectivity index (χ2n) is 4.73. The Kier molecular flexibility index (Phi) is 3.33. The zero-order valence-corrected chi connectivity index (χ0v) is 11.3. The number of nitrogens with zero attached hydrogens (tertiary/aromatic N) is 3. The van der Waals surface area contributed by atoms with Crippen molar-refractivity contribution in [3.05, 3.63) is 47.0 Å². The molecule has 0 aliphatic rings. The van der Waals surface area contributed by atoms with Crippen LogP contribution >= 0.6 is 0 Å². The summed E-state index contributed by atoms with van der Waals surface area (Å²) >= 11 is 0. The number of rotatable bonds is 4. The maximum absolute atomic E-state index is 12.2. The molecule has 0 atom stereocenters. The SMILES string of the molecule is CCCCn1ccnc1-c1nc2ccccc2[nH]c1=O. The Labute approximate surface area is 116 Å². The zero-order chi connectivity index (χ0) is 13.9. The third-order valence-electron chi connectivity index (χ3n) is 3.28. The number of aromatic nitrogens is 4. The molecule has 5 nitrogen and oxygen atoms in total. The van der Waals surface area contributed by atoms with Crippen molar-refractivity contribution in [2.75, 3.05) is 0 Å². The van der Waals surface area contributed by atoms with Crippen LogP contribution in [0.15, 0.2) is 41.5 Å². The van der Waals surface area contributed by atoms with E-state index >= 15 is 0 Å². The van der Waals surface area contributed by atoms with E-state index in [1.165, 1.54) is 0 Å². The summed E-state index contributed by atoms with van der Waals surface area (Å²) in [7, 11) is 0. The average Bonchev–Trinajstić information content (AvgIpc) is 2.92. The van der Waals surface area contributed by atoms with Gasteiger partial charge in [0.15, 0.2) is 11.5 Å². The number of aromatic amines is 1. The number of imidazole rings is 1. The van der Waals surface area contributed by atoms with Crippen LogP contribution in [-0.2, 0) is 6.54 Å². The minimum atomic E-state index is -0.201. The highest BCUT2D eigenvalue weighted by atomic mass is 16.1. The van der Waals surface area contributed by atoms with E-state index in [2.05, 4.69) is 21.9 Å². The molecular weight excluding hydrogens is 252 g/mol. The summed E-state index contributed by atoms with van der Waals surface area (Å²) in [6, 6.07) is 7.51. The minimum absolute atomic E-state index is 0.201. The van der Waals surface area contributed by atoms with E-state index in [-0.39, 0.29) is 5.56 Å². The van der Waals surface area contributed by atoms with Gasteiger partial charge in [0.1, 0.15) is 0 Å². The number of H-pyrrole nitrogens is 1. The van der Waals surface area contributed by atoms with Gasteiger partial charge in [-0.1, -0.05) is 25.5 Å². The lowest BCUT2D eigenvalue weighted by Crippen LogP contribution is -2.14. The summed E-state index contributed by atoms with van der Waals surface area (Å²) in [6.45, 7) is 2.98. The number of fused-ring (bicyclic) bond motifs is 1. The van der Waals surface area contributed by atoms with Crippen LogP contribution in [0.5, 0.6) is 0 Å². The van der Waals surface area contributed by atoms with E-state index in [0.29, 0.717) is 11.5 Å². The Balaban J connectivity index is 2.12. The highest BCUT2D eigenvalue weighted by Gasteiger charge is 2.12. The van der Waals surface area contributed by atoms with Gasteiger partial charge in [0.2, 0.25) is 0 Å². The van der Waals surface area contributed by atoms with Crippen LogP contribution in [-0.4, -0.2) is 19.5 Å². The number of para-hydroxylation sites is 2. The number of hydrogen-bond acceptors (Lipinski definition) is 3. The van der Waals surface area contributed by atoms with Crippen molar-refractivity contribution < 1.29 is 0 Å². The molecule has 2 aromatic heterocycles. The molecule has 0 aliphatic carbocycles. The molecule has 0 fully saturated rings. The predicted molar refractivity (Wildman–Crippen MR) is 78.5 cm³/mol. The van der Waals surface area contributed by atoms with Crippen molar-refractivity contribution in [2.24, 2.45) is 0 Å². The molecule has 1 aromatic carbocycles. The molecule has 0 saturated heterocycles. The van der Waals surface area contributed by atoms with Gasteiger partial charge in [-0.05, 0) is 18.6 Å². The van der Waals surface area contributed by atoms with Gasteiger partial charge in [-0.25, -0.2) is 9.97 Å². The first kappa shape index (κ1) is 12.6. The Morgan fingerprint density at radius 3 is 3.00 bits per heavy atom. The van der Waals surface area contributed by atoms with Crippen LogP contribution in [0, 0.1) is 0 Å². The molecule has 0 aliphatic heterocycles. The number of aryl methyl sites for hydroxylation is 1. The van der Waals surface area contributed by atoms with Gasteiger partial charge in [-0.2, -0.15) is 0 Å². The largest absolute Gasteiger partial charge is 0.330 e. The second kappa shape index (κ2) is 5.28. The molecular formula is C15H16N4O. The van der Waals surface area contributed by atoms with Gasteiger partial charge in [0, 0.05) is 18.9 Å². The lowest BCUT2D eigenvalue weighted by molar-refractivity contribution is 0.635. The smallest absolute Gasteiger partial charge is 0.278 e. The molecule has 0 amide bonds. The summed E-state index contributed by atoms with van der Waals surface area (Å²) in [5.41, 5.74) is 1.69. The van der Waals surface area contributed by atoms with Gasteiger partial charge in [-0.3, -0.25) is 4.79 Å². The molecule has 2 heterocycles. The number of hydrogen-bond donors (Lipinski definition) is 1. The lowest BCUT2D eigenvalue weighted by Gasteiger charge is -2.06. The Bertz CT molecular complexity index is 788. The highest BCUT2D eigenvalue weighted by Crippen LogP contribution is 2.15. The minimum Gasteiger partial charge on any atom is -0.330 e. The molecule has 3 rings (SSSR count). The van der Waals surface area contributed by atoms with Crippen molar-refractivity contribution in [3.8, 4) is 11.5 Å². The van der Waals surface area contributed by atoms with Gasteiger partial charge in [0.25, 0.3) is 5.56 Å². The zero-order valence-electron chi connectivity index (χ0n) is 11.3. The summed E-state index contributed by atoms with van der Waals surface area (Å²) in [6.07, 6.45) is 5.75. The van der Waals surface area contributed by atoms with Gasteiger partial charge < -0.3 is 9.55 Å². The van der Waals surface area contributed by atoms with Crippen LogP contribution in [0.4, 0.5) is 0 Å². The van der Waals surface area contributed by atoms with Crippen LogP contribution in [0.25, 0.3) is 22.6 Å². The molecule has 0 radical (unpaired) electrons. The first-order valence-corrected chi connectivity index (χ1v) is 6.80. The van der Waals surface area contributed by atoms with Crippen LogP contribution in [0.1, 0.15) is 19.8 Å². The third-order valence-corrected chi connectivity index (χ3v) is 3.28. The second-order valence-corrected chi connectivity index (χ2v) is 4.73. The van der Waals surface area contributed by atoms with E-state index in [1.54, 1.807) is 6.20 Å². The van der Waals surface area contributed by atoms with E-state index in [1.807, 2.05) is 35.0 Å². The normalized spacial score (nSPS) is 11.1. The molecule has 102 valence electrons.